The fraction of sp³-hybridized carbons (Fsp3) is 0.556. The summed E-state index contributed by atoms with van der Waals surface area (Å²) in [7, 11) is 1.62. The predicted molar refractivity (Wildman–Crippen MR) is 92.1 cm³/mol. The molecular formula is C18H22ClFN2O3. The largest absolute Gasteiger partial charge is 0.383 e. The molecule has 0 aromatic heterocycles. The molecule has 1 aromatic carbocycles. The second kappa shape index (κ2) is 7.30. The number of rotatable bonds is 4. The van der Waals surface area contributed by atoms with Crippen molar-refractivity contribution in [3.05, 3.63) is 34.6 Å². The fourth-order valence-corrected chi connectivity index (χ4v) is 3.92. The van der Waals surface area contributed by atoms with Crippen molar-refractivity contribution >= 4 is 23.4 Å². The van der Waals surface area contributed by atoms with E-state index in [0.29, 0.717) is 32.7 Å². The molecule has 0 unspecified atom stereocenters. The Balaban J connectivity index is 1.72. The summed E-state index contributed by atoms with van der Waals surface area (Å²) in [4.78, 5) is 29.1. The second-order valence-corrected chi connectivity index (χ2v) is 7.18. The summed E-state index contributed by atoms with van der Waals surface area (Å²) < 4.78 is 18.7. The average molecular weight is 369 g/mol. The zero-order valence-electron chi connectivity index (χ0n) is 14.3. The molecule has 1 spiro atoms. The molecule has 0 bridgehead atoms. The molecule has 2 heterocycles. The highest BCUT2D eigenvalue weighted by Gasteiger charge is 2.49. The van der Waals surface area contributed by atoms with Crippen molar-refractivity contribution in [1.29, 1.82) is 0 Å². The highest BCUT2D eigenvalue weighted by atomic mass is 35.5. The van der Waals surface area contributed by atoms with Crippen LogP contribution in [0.5, 0.6) is 0 Å². The minimum Gasteiger partial charge on any atom is -0.383 e. The molecule has 7 heteroatoms. The summed E-state index contributed by atoms with van der Waals surface area (Å²) in [5.41, 5.74) is -0.245. The van der Waals surface area contributed by atoms with E-state index in [2.05, 4.69) is 0 Å². The molecule has 1 atom stereocenters. The van der Waals surface area contributed by atoms with E-state index in [1.165, 1.54) is 12.1 Å². The van der Waals surface area contributed by atoms with Crippen LogP contribution in [0.2, 0.25) is 5.02 Å². The molecule has 0 aliphatic carbocycles. The first-order valence-electron chi connectivity index (χ1n) is 8.49. The van der Waals surface area contributed by atoms with Gasteiger partial charge in [-0.05, 0) is 37.5 Å². The summed E-state index contributed by atoms with van der Waals surface area (Å²) in [6.45, 7) is 2.72. The number of benzene rings is 1. The number of hydrogen-bond acceptors (Lipinski definition) is 3. The zero-order chi connectivity index (χ0) is 18.0. The molecule has 0 saturated carbocycles. The third-order valence-corrected chi connectivity index (χ3v) is 5.50. The lowest BCUT2D eigenvalue weighted by molar-refractivity contribution is -0.146. The van der Waals surface area contributed by atoms with Crippen LogP contribution >= 0.6 is 11.6 Å². The number of hydrogen-bond donors (Lipinski definition) is 0. The van der Waals surface area contributed by atoms with Gasteiger partial charge in [0.15, 0.2) is 0 Å². The second-order valence-electron chi connectivity index (χ2n) is 6.77. The topological polar surface area (TPSA) is 49.9 Å². The third-order valence-electron chi connectivity index (χ3n) is 5.20. The monoisotopic (exact) mass is 368 g/mol. The van der Waals surface area contributed by atoms with Crippen LogP contribution in [0.4, 0.5) is 4.39 Å². The third kappa shape index (κ3) is 3.51. The van der Waals surface area contributed by atoms with E-state index < -0.39 is 11.2 Å². The lowest BCUT2D eigenvalue weighted by Gasteiger charge is -2.39. The van der Waals surface area contributed by atoms with Crippen molar-refractivity contribution < 1.29 is 18.7 Å². The summed E-state index contributed by atoms with van der Waals surface area (Å²) >= 11 is 5.68. The van der Waals surface area contributed by atoms with E-state index in [0.717, 1.165) is 25.5 Å². The van der Waals surface area contributed by atoms with Gasteiger partial charge >= 0.3 is 0 Å². The molecule has 2 fully saturated rings. The lowest BCUT2D eigenvalue weighted by atomic mass is 9.78. The highest BCUT2D eigenvalue weighted by molar-refractivity contribution is 6.30. The number of methoxy groups -OCH3 is 1. The predicted octanol–water partition coefficient (Wildman–Crippen LogP) is 2.58. The molecule has 0 N–H and O–H groups in total. The van der Waals surface area contributed by atoms with Gasteiger partial charge in [-0.25, -0.2) is 4.39 Å². The minimum absolute atomic E-state index is 0.00862. The van der Waals surface area contributed by atoms with Crippen LogP contribution in [0.15, 0.2) is 18.2 Å². The smallest absolute Gasteiger partial charge is 0.253 e. The van der Waals surface area contributed by atoms with E-state index in [1.54, 1.807) is 12.0 Å². The van der Waals surface area contributed by atoms with Gasteiger partial charge in [-0.2, -0.15) is 0 Å². The van der Waals surface area contributed by atoms with Gasteiger partial charge in [-0.3, -0.25) is 9.59 Å². The number of piperidine rings is 1. The molecule has 2 saturated heterocycles. The summed E-state index contributed by atoms with van der Waals surface area (Å²) in [6.07, 6.45) is 2.36. The lowest BCUT2D eigenvalue weighted by Crippen LogP contribution is -2.51. The maximum atomic E-state index is 13.6. The van der Waals surface area contributed by atoms with Crippen LogP contribution in [0.1, 0.15) is 29.6 Å². The molecule has 5 nitrogen and oxygen atoms in total. The number of halogens is 2. The molecule has 2 aliphatic rings. The Hall–Kier alpha value is -1.66. The van der Waals surface area contributed by atoms with Crippen molar-refractivity contribution in [2.45, 2.75) is 19.3 Å². The highest BCUT2D eigenvalue weighted by Crippen LogP contribution is 2.40. The maximum Gasteiger partial charge on any atom is 0.253 e. The first-order valence-corrected chi connectivity index (χ1v) is 8.87. The van der Waals surface area contributed by atoms with Gasteiger partial charge in [0.05, 0.1) is 17.0 Å². The number of likely N-dealkylation sites (tertiary alicyclic amines) is 2. The molecule has 2 amide bonds. The Morgan fingerprint density at radius 3 is 2.88 bits per heavy atom. The van der Waals surface area contributed by atoms with Crippen LogP contribution in [-0.2, 0) is 9.53 Å². The Bertz CT molecular complexity index is 684. The summed E-state index contributed by atoms with van der Waals surface area (Å²) in [5, 5.41) is -0.00862. The van der Waals surface area contributed by atoms with Gasteiger partial charge in [0.1, 0.15) is 5.82 Å². The number of amides is 2. The molecule has 0 radical (unpaired) electrons. The van der Waals surface area contributed by atoms with Gasteiger partial charge in [0, 0.05) is 38.9 Å². The first kappa shape index (κ1) is 18.1. The zero-order valence-corrected chi connectivity index (χ0v) is 15.0. The van der Waals surface area contributed by atoms with Gasteiger partial charge in [0.25, 0.3) is 5.91 Å². The normalized spacial score (nSPS) is 23.6. The standard InChI is InChI=1S/C18H22ClFN2O3/c1-25-10-9-21-7-2-5-18(17(21)24)6-8-22(12-18)16(23)13-3-4-14(19)15(20)11-13/h3-4,11H,2,5-10,12H2,1H3/t18-/m1/s1. The van der Waals surface area contributed by atoms with Gasteiger partial charge in [-0.1, -0.05) is 11.6 Å². The molecule has 1 aromatic rings. The van der Waals surface area contributed by atoms with E-state index in [9.17, 15) is 14.0 Å². The van der Waals surface area contributed by atoms with Crippen molar-refractivity contribution in [2.24, 2.45) is 5.41 Å². The SMILES string of the molecule is COCCN1CCC[C@]2(CCN(C(=O)c3ccc(Cl)c(F)c3)C2)C1=O. The quantitative estimate of drug-likeness (QED) is 0.820. The van der Waals surface area contributed by atoms with Gasteiger partial charge < -0.3 is 14.5 Å². The fourth-order valence-electron chi connectivity index (χ4n) is 3.80. The van der Waals surface area contributed by atoms with Crippen LogP contribution in [0, 0.1) is 11.2 Å². The minimum atomic E-state index is -0.610. The maximum absolute atomic E-state index is 13.6. The number of carbonyl (C=O) groups excluding carboxylic acids is 2. The van der Waals surface area contributed by atoms with E-state index in [-0.39, 0.29) is 22.4 Å². The Morgan fingerprint density at radius 1 is 1.36 bits per heavy atom. The summed E-state index contributed by atoms with van der Waals surface area (Å²) in [6, 6.07) is 4.06. The Labute approximate surface area is 151 Å². The molecule has 25 heavy (non-hydrogen) atoms. The van der Waals surface area contributed by atoms with E-state index in [4.69, 9.17) is 16.3 Å². The first-order chi connectivity index (χ1) is 12.0. The van der Waals surface area contributed by atoms with Crippen molar-refractivity contribution in [3.63, 3.8) is 0 Å². The number of carbonyl (C=O) groups is 2. The average Bonchev–Trinajstić information content (AvgIpc) is 3.03. The molecule has 136 valence electrons. The van der Waals surface area contributed by atoms with Crippen LogP contribution < -0.4 is 0 Å². The van der Waals surface area contributed by atoms with Crippen molar-refractivity contribution in [2.75, 3.05) is 39.9 Å². The number of ether oxygens (including phenoxy) is 1. The molecule has 2 aliphatic heterocycles. The van der Waals surface area contributed by atoms with Gasteiger partial charge in [-0.15, -0.1) is 0 Å². The summed E-state index contributed by atoms with van der Waals surface area (Å²) in [5.74, 6) is -0.761. The molecular weight excluding hydrogens is 347 g/mol. The van der Waals surface area contributed by atoms with Crippen molar-refractivity contribution in [3.8, 4) is 0 Å². The van der Waals surface area contributed by atoms with Crippen LogP contribution in [-0.4, -0.2) is 61.5 Å². The number of nitrogens with zero attached hydrogens (tertiary/aromatic N) is 2. The Morgan fingerprint density at radius 2 is 2.16 bits per heavy atom. The van der Waals surface area contributed by atoms with Gasteiger partial charge in [0.2, 0.25) is 5.91 Å². The van der Waals surface area contributed by atoms with E-state index in [1.807, 2.05) is 4.90 Å². The van der Waals surface area contributed by atoms with E-state index >= 15 is 0 Å². The Kier molecular flexibility index (Phi) is 5.29. The molecule has 3 rings (SSSR count). The van der Waals surface area contributed by atoms with Crippen molar-refractivity contribution in [1.82, 2.24) is 9.80 Å². The van der Waals surface area contributed by atoms with Crippen LogP contribution in [0.25, 0.3) is 0 Å². The van der Waals surface area contributed by atoms with Crippen LogP contribution in [0.3, 0.4) is 0 Å².